The van der Waals surface area contributed by atoms with Crippen molar-refractivity contribution in [1.82, 2.24) is 15.1 Å². The van der Waals surface area contributed by atoms with Gasteiger partial charge in [0.25, 0.3) is 0 Å². The molecule has 0 aromatic rings. The second kappa shape index (κ2) is 9.08. The highest BCUT2D eigenvalue weighted by atomic mass is 35.5. The highest BCUT2D eigenvalue weighted by molar-refractivity contribution is 5.85. The standard InChI is InChI=1S/C14H27N3O.2ClH/c1-4-17-7-5-13(6-8-17)16(3)14(18)11(2)12-9-15-10-12;;/h11-13,15H,4-10H2,1-3H3;2*1H. The van der Waals surface area contributed by atoms with Crippen molar-refractivity contribution < 1.29 is 4.79 Å². The number of carbonyl (C=O) groups is 1. The number of amides is 1. The maximum Gasteiger partial charge on any atom is 0.225 e. The summed E-state index contributed by atoms with van der Waals surface area (Å²) in [4.78, 5) is 16.9. The number of rotatable bonds is 4. The van der Waals surface area contributed by atoms with E-state index in [2.05, 4.69) is 24.1 Å². The van der Waals surface area contributed by atoms with Gasteiger partial charge in [0, 0.05) is 32.1 Å². The first-order chi connectivity index (χ1) is 8.63. The van der Waals surface area contributed by atoms with E-state index in [1.54, 1.807) is 0 Å². The van der Waals surface area contributed by atoms with Gasteiger partial charge >= 0.3 is 0 Å². The number of hydrogen-bond donors (Lipinski definition) is 1. The molecule has 2 fully saturated rings. The normalized spacial score (nSPS) is 22.1. The summed E-state index contributed by atoms with van der Waals surface area (Å²) < 4.78 is 0. The first-order valence-corrected chi connectivity index (χ1v) is 7.33. The zero-order chi connectivity index (χ0) is 13.1. The minimum atomic E-state index is 0. The fourth-order valence-corrected chi connectivity index (χ4v) is 2.99. The number of halogens is 2. The van der Waals surface area contributed by atoms with E-state index in [0.29, 0.717) is 17.9 Å². The lowest BCUT2D eigenvalue weighted by molar-refractivity contribution is -0.139. The van der Waals surface area contributed by atoms with Gasteiger partial charge < -0.3 is 15.1 Å². The van der Waals surface area contributed by atoms with Gasteiger partial charge in [0.1, 0.15) is 0 Å². The van der Waals surface area contributed by atoms with E-state index in [-0.39, 0.29) is 30.7 Å². The fourth-order valence-electron chi connectivity index (χ4n) is 2.99. The Kier molecular flexibility index (Phi) is 9.07. The number of piperidine rings is 1. The molecule has 4 nitrogen and oxygen atoms in total. The van der Waals surface area contributed by atoms with Crippen molar-refractivity contribution >= 4 is 30.7 Å². The van der Waals surface area contributed by atoms with Crippen LogP contribution >= 0.6 is 24.8 Å². The maximum atomic E-state index is 12.4. The van der Waals surface area contributed by atoms with Gasteiger partial charge in [0.15, 0.2) is 0 Å². The first kappa shape index (κ1) is 20.0. The fraction of sp³-hybridized carbons (Fsp3) is 0.929. The molecule has 0 spiro atoms. The topological polar surface area (TPSA) is 35.6 Å². The molecule has 2 saturated heterocycles. The molecule has 0 bridgehead atoms. The molecular formula is C14H29Cl2N3O. The van der Waals surface area contributed by atoms with Crippen LogP contribution in [0.25, 0.3) is 0 Å². The Morgan fingerprint density at radius 1 is 1.30 bits per heavy atom. The summed E-state index contributed by atoms with van der Waals surface area (Å²) in [5.41, 5.74) is 0. The van der Waals surface area contributed by atoms with Crippen molar-refractivity contribution in [2.45, 2.75) is 32.7 Å². The molecule has 2 aliphatic rings. The van der Waals surface area contributed by atoms with Crippen molar-refractivity contribution in [2.24, 2.45) is 11.8 Å². The van der Waals surface area contributed by atoms with E-state index >= 15 is 0 Å². The van der Waals surface area contributed by atoms with Crippen LogP contribution in [0, 0.1) is 11.8 Å². The van der Waals surface area contributed by atoms with Crippen LogP contribution < -0.4 is 5.32 Å². The van der Waals surface area contributed by atoms with Gasteiger partial charge in [-0.1, -0.05) is 13.8 Å². The number of likely N-dealkylation sites (tertiary alicyclic amines) is 1. The molecule has 2 rings (SSSR count). The molecule has 120 valence electrons. The van der Waals surface area contributed by atoms with Crippen molar-refractivity contribution in [3.05, 3.63) is 0 Å². The van der Waals surface area contributed by atoms with Crippen LogP contribution in [0.3, 0.4) is 0 Å². The molecule has 20 heavy (non-hydrogen) atoms. The zero-order valence-corrected chi connectivity index (χ0v) is 14.4. The Balaban J connectivity index is 0.00000180. The molecule has 6 heteroatoms. The van der Waals surface area contributed by atoms with Gasteiger partial charge in [-0.15, -0.1) is 24.8 Å². The number of nitrogens with one attached hydrogen (secondary N) is 1. The minimum Gasteiger partial charge on any atom is -0.342 e. The molecule has 0 aromatic heterocycles. The van der Waals surface area contributed by atoms with Crippen molar-refractivity contribution in [3.63, 3.8) is 0 Å². The molecule has 1 amide bonds. The van der Waals surface area contributed by atoms with E-state index in [4.69, 9.17) is 0 Å². The van der Waals surface area contributed by atoms with Gasteiger partial charge in [-0.05, 0) is 38.4 Å². The highest BCUT2D eigenvalue weighted by Gasteiger charge is 2.33. The van der Waals surface area contributed by atoms with E-state index in [1.807, 2.05) is 11.9 Å². The monoisotopic (exact) mass is 325 g/mol. The zero-order valence-electron chi connectivity index (χ0n) is 12.8. The third-order valence-corrected chi connectivity index (χ3v) is 4.81. The lowest BCUT2D eigenvalue weighted by atomic mass is 9.87. The quantitative estimate of drug-likeness (QED) is 0.853. The molecule has 2 heterocycles. The van der Waals surface area contributed by atoms with Gasteiger partial charge in [0.2, 0.25) is 5.91 Å². The second-order valence-electron chi connectivity index (χ2n) is 5.82. The van der Waals surface area contributed by atoms with E-state index in [0.717, 1.165) is 45.6 Å². The predicted molar refractivity (Wildman–Crippen MR) is 87.9 cm³/mol. The van der Waals surface area contributed by atoms with Crippen LogP contribution in [-0.4, -0.2) is 61.5 Å². The molecule has 0 saturated carbocycles. The van der Waals surface area contributed by atoms with Gasteiger partial charge in [-0.2, -0.15) is 0 Å². The Morgan fingerprint density at radius 2 is 1.85 bits per heavy atom. The van der Waals surface area contributed by atoms with Crippen LogP contribution in [0.1, 0.15) is 26.7 Å². The van der Waals surface area contributed by atoms with Crippen LogP contribution in [0.2, 0.25) is 0 Å². The van der Waals surface area contributed by atoms with Crippen LogP contribution in [0.15, 0.2) is 0 Å². The predicted octanol–water partition coefficient (Wildman–Crippen LogP) is 1.63. The Labute approximate surface area is 135 Å². The third kappa shape index (κ3) is 4.48. The Hall–Kier alpha value is -0.0300. The molecule has 0 aromatic carbocycles. The summed E-state index contributed by atoms with van der Waals surface area (Å²) in [5, 5.41) is 3.25. The van der Waals surface area contributed by atoms with E-state index in [1.165, 1.54) is 0 Å². The highest BCUT2D eigenvalue weighted by Crippen LogP contribution is 2.22. The van der Waals surface area contributed by atoms with E-state index < -0.39 is 0 Å². The summed E-state index contributed by atoms with van der Waals surface area (Å²) in [6.07, 6.45) is 2.26. The third-order valence-electron chi connectivity index (χ3n) is 4.81. The summed E-state index contributed by atoms with van der Waals surface area (Å²) in [7, 11) is 2.00. The molecule has 0 aliphatic carbocycles. The van der Waals surface area contributed by atoms with Crippen molar-refractivity contribution in [3.8, 4) is 0 Å². The van der Waals surface area contributed by atoms with Crippen LogP contribution in [-0.2, 0) is 4.79 Å². The Bertz CT molecular complexity index is 292. The maximum absolute atomic E-state index is 12.4. The molecular weight excluding hydrogens is 297 g/mol. The number of nitrogens with zero attached hydrogens (tertiary/aromatic N) is 2. The van der Waals surface area contributed by atoms with Crippen LogP contribution in [0.4, 0.5) is 0 Å². The summed E-state index contributed by atoms with van der Waals surface area (Å²) >= 11 is 0. The molecule has 1 unspecified atom stereocenters. The van der Waals surface area contributed by atoms with Crippen molar-refractivity contribution in [2.75, 3.05) is 39.8 Å². The smallest absolute Gasteiger partial charge is 0.225 e. The van der Waals surface area contributed by atoms with E-state index in [9.17, 15) is 4.79 Å². The summed E-state index contributed by atoms with van der Waals surface area (Å²) in [5.74, 6) is 1.08. The molecule has 0 radical (unpaired) electrons. The van der Waals surface area contributed by atoms with Gasteiger partial charge in [-0.3, -0.25) is 4.79 Å². The van der Waals surface area contributed by atoms with Crippen molar-refractivity contribution in [1.29, 1.82) is 0 Å². The average molecular weight is 326 g/mol. The molecule has 1 N–H and O–H groups in total. The number of carbonyl (C=O) groups excluding carboxylic acids is 1. The summed E-state index contributed by atoms with van der Waals surface area (Å²) in [6, 6.07) is 0.454. The molecule has 1 atom stereocenters. The lowest BCUT2D eigenvalue weighted by Gasteiger charge is -2.39. The first-order valence-electron chi connectivity index (χ1n) is 7.33. The number of hydrogen-bond acceptors (Lipinski definition) is 3. The largest absolute Gasteiger partial charge is 0.342 e. The lowest BCUT2D eigenvalue weighted by Crippen LogP contribution is -2.52. The van der Waals surface area contributed by atoms with Gasteiger partial charge in [0.05, 0.1) is 0 Å². The van der Waals surface area contributed by atoms with Gasteiger partial charge in [-0.25, -0.2) is 0 Å². The average Bonchev–Trinajstić information content (AvgIpc) is 2.35. The SMILES string of the molecule is CCN1CCC(N(C)C(=O)C(C)C2CNC2)CC1.Cl.Cl. The second-order valence-corrected chi connectivity index (χ2v) is 5.82. The minimum absolute atomic E-state index is 0. The summed E-state index contributed by atoms with van der Waals surface area (Å²) in [6.45, 7) is 9.72. The Morgan fingerprint density at radius 3 is 2.25 bits per heavy atom. The van der Waals surface area contributed by atoms with Crippen LogP contribution in [0.5, 0.6) is 0 Å². The molecule has 2 aliphatic heterocycles.